The normalized spacial score (nSPS) is 33.8. The van der Waals surface area contributed by atoms with E-state index in [0.717, 1.165) is 24.2 Å². The monoisotopic (exact) mass is 207 g/mol. The van der Waals surface area contributed by atoms with Crippen LogP contribution in [0.2, 0.25) is 0 Å². The molecule has 2 N–H and O–H groups in total. The fourth-order valence-electron chi connectivity index (χ4n) is 3.32. The van der Waals surface area contributed by atoms with Gasteiger partial charge in [-0.25, -0.2) is 4.68 Å². The molecule has 3 atom stereocenters. The summed E-state index contributed by atoms with van der Waals surface area (Å²) in [6.07, 6.45) is 5.46. The third-order valence-corrected chi connectivity index (χ3v) is 3.97. The Bertz CT molecular complexity index is 347. The lowest BCUT2D eigenvalue weighted by Crippen LogP contribution is -2.19. The van der Waals surface area contributed by atoms with E-state index in [0.29, 0.717) is 12.5 Å². The summed E-state index contributed by atoms with van der Waals surface area (Å²) in [5.41, 5.74) is 5.55. The Balaban J connectivity index is 1.83. The maximum absolute atomic E-state index is 5.55. The number of tetrazole rings is 1. The first-order valence-electron chi connectivity index (χ1n) is 5.84. The van der Waals surface area contributed by atoms with Crippen molar-refractivity contribution in [3.05, 3.63) is 5.82 Å². The van der Waals surface area contributed by atoms with Gasteiger partial charge < -0.3 is 5.73 Å². The van der Waals surface area contributed by atoms with E-state index in [1.54, 1.807) is 0 Å². The highest BCUT2D eigenvalue weighted by Crippen LogP contribution is 2.52. The van der Waals surface area contributed by atoms with Crippen LogP contribution in [0.15, 0.2) is 0 Å². The summed E-state index contributed by atoms with van der Waals surface area (Å²) in [5.74, 6) is 3.44. The first-order chi connectivity index (χ1) is 7.38. The predicted octanol–water partition coefficient (Wildman–Crippen LogP) is 0.535. The van der Waals surface area contributed by atoms with Crippen LogP contribution in [0.3, 0.4) is 0 Å². The SMILES string of the molecule is NCCn1nnnc1C1CC2CCC1C2. The van der Waals surface area contributed by atoms with Crippen molar-refractivity contribution in [2.45, 2.75) is 38.1 Å². The van der Waals surface area contributed by atoms with Crippen molar-refractivity contribution in [1.29, 1.82) is 0 Å². The summed E-state index contributed by atoms with van der Waals surface area (Å²) in [5, 5.41) is 12.0. The number of hydrogen-bond donors (Lipinski definition) is 1. The van der Waals surface area contributed by atoms with Crippen LogP contribution in [0.25, 0.3) is 0 Å². The van der Waals surface area contributed by atoms with Gasteiger partial charge in [-0.1, -0.05) is 6.42 Å². The van der Waals surface area contributed by atoms with Gasteiger partial charge in [0, 0.05) is 12.5 Å². The number of aromatic nitrogens is 4. The van der Waals surface area contributed by atoms with E-state index in [4.69, 9.17) is 5.73 Å². The van der Waals surface area contributed by atoms with Gasteiger partial charge in [-0.05, 0) is 41.5 Å². The molecule has 1 aromatic rings. The fraction of sp³-hybridized carbons (Fsp3) is 0.900. The molecule has 1 heterocycles. The molecule has 0 spiro atoms. The quantitative estimate of drug-likeness (QED) is 0.785. The molecule has 0 amide bonds. The lowest BCUT2D eigenvalue weighted by molar-refractivity contribution is 0.387. The van der Waals surface area contributed by atoms with Gasteiger partial charge in [-0.2, -0.15) is 0 Å². The van der Waals surface area contributed by atoms with Gasteiger partial charge in [0.2, 0.25) is 0 Å². The van der Waals surface area contributed by atoms with E-state index in [9.17, 15) is 0 Å². The molecule has 2 bridgehead atoms. The Hall–Kier alpha value is -0.970. The minimum absolute atomic E-state index is 0.602. The second kappa shape index (κ2) is 3.56. The molecule has 2 aliphatic carbocycles. The highest BCUT2D eigenvalue weighted by molar-refractivity contribution is 5.05. The first kappa shape index (κ1) is 9.27. The van der Waals surface area contributed by atoms with Gasteiger partial charge in [0.15, 0.2) is 5.82 Å². The Morgan fingerprint density at radius 2 is 2.27 bits per heavy atom. The molecule has 5 heteroatoms. The van der Waals surface area contributed by atoms with E-state index >= 15 is 0 Å². The summed E-state index contributed by atoms with van der Waals surface area (Å²) in [4.78, 5) is 0. The molecule has 15 heavy (non-hydrogen) atoms. The van der Waals surface area contributed by atoms with Crippen LogP contribution in [0, 0.1) is 11.8 Å². The van der Waals surface area contributed by atoms with Crippen LogP contribution < -0.4 is 5.73 Å². The van der Waals surface area contributed by atoms with Crippen LogP contribution in [0.5, 0.6) is 0 Å². The molecule has 3 rings (SSSR count). The molecule has 1 aromatic heterocycles. The predicted molar refractivity (Wildman–Crippen MR) is 55.1 cm³/mol. The fourth-order valence-corrected chi connectivity index (χ4v) is 3.32. The Morgan fingerprint density at radius 3 is 2.93 bits per heavy atom. The molecule has 2 aliphatic rings. The third-order valence-electron chi connectivity index (χ3n) is 3.97. The molecule has 5 nitrogen and oxygen atoms in total. The minimum Gasteiger partial charge on any atom is -0.329 e. The zero-order valence-electron chi connectivity index (χ0n) is 8.84. The first-order valence-corrected chi connectivity index (χ1v) is 5.84. The topological polar surface area (TPSA) is 69.6 Å². The summed E-state index contributed by atoms with van der Waals surface area (Å²) in [6, 6.07) is 0. The van der Waals surface area contributed by atoms with Crippen molar-refractivity contribution in [3.63, 3.8) is 0 Å². The largest absolute Gasteiger partial charge is 0.329 e. The molecular formula is C10H17N5. The van der Waals surface area contributed by atoms with E-state index in [2.05, 4.69) is 15.5 Å². The molecule has 2 saturated carbocycles. The van der Waals surface area contributed by atoms with Crippen LogP contribution >= 0.6 is 0 Å². The van der Waals surface area contributed by atoms with Gasteiger partial charge in [-0.15, -0.1) is 5.10 Å². The molecule has 2 fully saturated rings. The van der Waals surface area contributed by atoms with Gasteiger partial charge in [0.25, 0.3) is 0 Å². The highest BCUT2D eigenvalue weighted by Gasteiger charge is 2.42. The Labute approximate surface area is 89.0 Å². The lowest BCUT2D eigenvalue weighted by Gasteiger charge is -2.20. The Morgan fingerprint density at radius 1 is 1.33 bits per heavy atom. The average Bonchev–Trinajstić information content (AvgIpc) is 2.91. The molecule has 3 unspecified atom stereocenters. The van der Waals surface area contributed by atoms with Crippen LogP contribution in [0.1, 0.15) is 37.4 Å². The van der Waals surface area contributed by atoms with E-state index in [1.807, 2.05) is 4.68 Å². The second-order valence-corrected chi connectivity index (χ2v) is 4.83. The summed E-state index contributed by atoms with van der Waals surface area (Å²) in [6.45, 7) is 1.36. The molecule has 0 aliphatic heterocycles. The zero-order valence-corrected chi connectivity index (χ0v) is 8.84. The van der Waals surface area contributed by atoms with E-state index in [-0.39, 0.29) is 0 Å². The highest BCUT2D eigenvalue weighted by atomic mass is 15.5. The maximum Gasteiger partial charge on any atom is 0.154 e. The average molecular weight is 207 g/mol. The smallest absolute Gasteiger partial charge is 0.154 e. The van der Waals surface area contributed by atoms with E-state index in [1.165, 1.54) is 25.7 Å². The summed E-state index contributed by atoms with van der Waals surface area (Å²) < 4.78 is 1.89. The van der Waals surface area contributed by atoms with Gasteiger partial charge in [0.1, 0.15) is 0 Å². The number of fused-ring (bicyclic) bond motifs is 2. The zero-order chi connectivity index (χ0) is 10.3. The molecular weight excluding hydrogens is 190 g/mol. The van der Waals surface area contributed by atoms with Gasteiger partial charge >= 0.3 is 0 Å². The lowest BCUT2D eigenvalue weighted by atomic mass is 9.88. The van der Waals surface area contributed by atoms with Crippen LogP contribution in [-0.2, 0) is 6.54 Å². The number of hydrogen-bond acceptors (Lipinski definition) is 4. The molecule has 82 valence electrons. The summed E-state index contributed by atoms with van der Waals surface area (Å²) in [7, 11) is 0. The second-order valence-electron chi connectivity index (χ2n) is 4.83. The Kier molecular flexibility index (Phi) is 2.20. The number of rotatable bonds is 3. The number of nitrogens with two attached hydrogens (primary N) is 1. The van der Waals surface area contributed by atoms with Crippen molar-refractivity contribution in [1.82, 2.24) is 20.2 Å². The maximum atomic E-state index is 5.55. The van der Waals surface area contributed by atoms with Gasteiger partial charge in [-0.3, -0.25) is 0 Å². The molecule has 0 aromatic carbocycles. The van der Waals surface area contributed by atoms with E-state index < -0.39 is 0 Å². The van der Waals surface area contributed by atoms with Crippen LogP contribution in [0.4, 0.5) is 0 Å². The number of nitrogens with zero attached hydrogens (tertiary/aromatic N) is 4. The van der Waals surface area contributed by atoms with Crippen molar-refractivity contribution in [2.75, 3.05) is 6.54 Å². The summed E-state index contributed by atoms with van der Waals surface area (Å²) >= 11 is 0. The van der Waals surface area contributed by atoms with Gasteiger partial charge in [0.05, 0.1) is 6.54 Å². The standard InChI is InChI=1S/C10H17N5/c11-3-4-15-10(12-13-14-15)9-6-7-1-2-8(9)5-7/h7-9H,1-6,11H2. The minimum atomic E-state index is 0.602. The van der Waals surface area contributed by atoms with Crippen molar-refractivity contribution >= 4 is 0 Å². The van der Waals surface area contributed by atoms with Crippen LogP contribution in [-0.4, -0.2) is 26.8 Å². The van der Waals surface area contributed by atoms with Crippen molar-refractivity contribution in [2.24, 2.45) is 17.6 Å². The van der Waals surface area contributed by atoms with Crippen molar-refractivity contribution in [3.8, 4) is 0 Å². The third kappa shape index (κ3) is 1.45. The molecule has 0 saturated heterocycles. The molecule has 0 radical (unpaired) electrons. The van der Waals surface area contributed by atoms with Crippen molar-refractivity contribution < 1.29 is 0 Å².